The van der Waals surface area contributed by atoms with Gasteiger partial charge in [-0.1, -0.05) is 6.92 Å². The third-order valence-electron chi connectivity index (χ3n) is 1.90. The van der Waals surface area contributed by atoms with Crippen LogP contribution >= 0.6 is 10.7 Å². The van der Waals surface area contributed by atoms with E-state index < -0.39 is 9.05 Å². The van der Waals surface area contributed by atoms with Gasteiger partial charge >= 0.3 is 0 Å². The van der Waals surface area contributed by atoms with E-state index in [2.05, 4.69) is 0 Å². The Kier molecular flexibility index (Phi) is 2.78. The van der Waals surface area contributed by atoms with Gasteiger partial charge in [0.05, 0.1) is 11.9 Å². The minimum atomic E-state index is -3.39. The molecule has 1 aliphatic rings. The molecule has 0 aliphatic carbocycles. The van der Waals surface area contributed by atoms with Gasteiger partial charge < -0.3 is 4.74 Å². The number of rotatable bonds is 2. The van der Waals surface area contributed by atoms with Gasteiger partial charge in [0, 0.05) is 17.3 Å². The van der Waals surface area contributed by atoms with E-state index in [9.17, 15) is 8.42 Å². The first kappa shape index (κ1) is 9.29. The van der Waals surface area contributed by atoms with Crippen LogP contribution in [0.5, 0.6) is 0 Å². The van der Waals surface area contributed by atoms with Crippen molar-refractivity contribution in [3.05, 3.63) is 0 Å². The second-order valence-corrected chi connectivity index (χ2v) is 5.70. The third kappa shape index (κ3) is 2.97. The standard InChI is InChI=1S/C6H11ClO3S/c1-5-2-3-10-6(5)4-11(7,8)9/h5-6H,2-4H2,1H3/t5-,6-/m1/s1. The molecule has 1 heterocycles. The van der Waals surface area contributed by atoms with Gasteiger partial charge in [-0.3, -0.25) is 0 Å². The topological polar surface area (TPSA) is 43.4 Å². The fraction of sp³-hybridized carbons (Fsp3) is 1.00. The van der Waals surface area contributed by atoms with Crippen molar-refractivity contribution < 1.29 is 13.2 Å². The van der Waals surface area contributed by atoms with Crippen LogP contribution in [0.4, 0.5) is 0 Å². The Bertz CT molecular complexity index is 224. The first-order valence-corrected chi connectivity index (χ1v) is 6.01. The molecule has 0 saturated carbocycles. The van der Waals surface area contributed by atoms with E-state index in [4.69, 9.17) is 15.4 Å². The monoisotopic (exact) mass is 198 g/mol. The molecule has 0 aromatic carbocycles. The van der Waals surface area contributed by atoms with Crippen LogP contribution in [0.15, 0.2) is 0 Å². The second-order valence-electron chi connectivity index (χ2n) is 2.88. The SMILES string of the molecule is C[C@@H]1CCO[C@@H]1CS(=O)(=O)Cl. The lowest BCUT2D eigenvalue weighted by Gasteiger charge is -2.11. The predicted octanol–water partition coefficient (Wildman–Crippen LogP) is 0.980. The van der Waals surface area contributed by atoms with Crippen molar-refractivity contribution >= 4 is 19.7 Å². The van der Waals surface area contributed by atoms with E-state index in [0.717, 1.165) is 6.42 Å². The van der Waals surface area contributed by atoms with E-state index in [1.807, 2.05) is 6.92 Å². The molecule has 0 N–H and O–H groups in total. The molecule has 66 valence electrons. The van der Waals surface area contributed by atoms with Gasteiger partial charge in [0.1, 0.15) is 0 Å². The predicted molar refractivity (Wildman–Crippen MR) is 43.2 cm³/mol. The van der Waals surface area contributed by atoms with Crippen molar-refractivity contribution in [2.75, 3.05) is 12.4 Å². The van der Waals surface area contributed by atoms with Gasteiger partial charge in [0.15, 0.2) is 0 Å². The molecule has 0 spiro atoms. The van der Waals surface area contributed by atoms with Crippen LogP contribution in [0, 0.1) is 5.92 Å². The highest BCUT2D eigenvalue weighted by molar-refractivity contribution is 8.13. The number of ether oxygens (including phenoxy) is 1. The Labute approximate surface area is 71.1 Å². The van der Waals surface area contributed by atoms with E-state index in [1.54, 1.807) is 0 Å². The average molecular weight is 199 g/mol. The molecule has 2 atom stereocenters. The van der Waals surface area contributed by atoms with Crippen LogP contribution in [-0.4, -0.2) is 26.9 Å². The van der Waals surface area contributed by atoms with Crippen LogP contribution in [-0.2, 0) is 13.8 Å². The zero-order valence-corrected chi connectivity index (χ0v) is 7.86. The summed E-state index contributed by atoms with van der Waals surface area (Å²) < 4.78 is 26.4. The molecule has 0 unspecified atom stereocenters. The highest BCUT2D eigenvalue weighted by atomic mass is 35.7. The maximum absolute atomic E-state index is 10.6. The molecular formula is C6H11ClO3S. The molecule has 0 aromatic rings. The molecule has 0 amide bonds. The lowest BCUT2D eigenvalue weighted by Crippen LogP contribution is -2.21. The fourth-order valence-corrected chi connectivity index (χ4v) is 2.35. The molecular weight excluding hydrogens is 188 g/mol. The molecule has 1 saturated heterocycles. The zero-order valence-electron chi connectivity index (χ0n) is 6.29. The summed E-state index contributed by atoms with van der Waals surface area (Å²) in [5, 5.41) is 0. The minimum absolute atomic E-state index is 0.0598. The Morgan fingerprint density at radius 2 is 2.27 bits per heavy atom. The maximum atomic E-state index is 10.6. The van der Waals surface area contributed by atoms with Crippen molar-refractivity contribution in [1.82, 2.24) is 0 Å². The Morgan fingerprint density at radius 3 is 2.64 bits per heavy atom. The summed E-state index contributed by atoms with van der Waals surface area (Å²) in [5.74, 6) is 0.249. The van der Waals surface area contributed by atoms with Gasteiger partial charge in [-0.2, -0.15) is 0 Å². The van der Waals surface area contributed by atoms with Gasteiger partial charge in [-0.25, -0.2) is 8.42 Å². The van der Waals surface area contributed by atoms with Crippen molar-refractivity contribution in [2.45, 2.75) is 19.4 Å². The van der Waals surface area contributed by atoms with Crippen LogP contribution in [0.1, 0.15) is 13.3 Å². The summed E-state index contributed by atoms with van der Waals surface area (Å²) in [6.07, 6.45) is 0.731. The van der Waals surface area contributed by atoms with Crippen LogP contribution in [0.3, 0.4) is 0 Å². The van der Waals surface area contributed by atoms with Gasteiger partial charge in [-0.05, 0) is 12.3 Å². The summed E-state index contributed by atoms with van der Waals surface area (Å²) in [4.78, 5) is 0. The Morgan fingerprint density at radius 1 is 1.64 bits per heavy atom. The smallest absolute Gasteiger partial charge is 0.235 e. The van der Waals surface area contributed by atoms with E-state index in [-0.39, 0.29) is 11.9 Å². The van der Waals surface area contributed by atoms with Crippen molar-refractivity contribution in [2.24, 2.45) is 5.92 Å². The largest absolute Gasteiger partial charge is 0.377 e. The molecule has 0 aromatic heterocycles. The average Bonchev–Trinajstić information content (AvgIpc) is 2.12. The summed E-state index contributed by atoms with van der Waals surface area (Å²) in [6, 6.07) is 0. The maximum Gasteiger partial charge on any atom is 0.235 e. The molecule has 5 heteroatoms. The van der Waals surface area contributed by atoms with Gasteiger partial charge in [0.2, 0.25) is 9.05 Å². The van der Waals surface area contributed by atoms with Crippen LogP contribution in [0.25, 0.3) is 0 Å². The first-order valence-electron chi connectivity index (χ1n) is 3.53. The summed E-state index contributed by atoms with van der Waals surface area (Å²) in [6.45, 7) is 2.62. The summed E-state index contributed by atoms with van der Waals surface area (Å²) >= 11 is 0. The van der Waals surface area contributed by atoms with Gasteiger partial charge in [0.25, 0.3) is 0 Å². The van der Waals surface area contributed by atoms with Crippen molar-refractivity contribution in [1.29, 1.82) is 0 Å². The van der Waals surface area contributed by atoms with Crippen molar-refractivity contribution in [3.8, 4) is 0 Å². The van der Waals surface area contributed by atoms with Crippen LogP contribution < -0.4 is 0 Å². The molecule has 0 radical (unpaired) electrons. The number of halogens is 1. The van der Waals surface area contributed by atoms with E-state index in [0.29, 0.717) is 12.5 Å². The molecule has 3 nitrogen and oxygen atoms in total. The quantitative estimate of drug-likeness (QED) is 0.622. The highest BCUT2D eigenvalue weighted by Gasteiger charge is 2.28. The Hall–Kier alpha value is 0.200. The van der Waals surface area contributed by atoms with Crippen LogP contribution in [0.2, 0.25) is 0 Å². The lowest BCUT2D eigenvalue weighted by molar-refractivity contribution is 0.112. The molecule has 0 bridgehead atoms. The Balaban J connectivity index is 2.50. The van der Waals surface area contributed by atoms with E-state index >= 15 is 0 Å². The van der Waals surface area contributed by atoms with E-state index in [1.165, 1.54) is 0 Å². The molecule has 1 aliphatic heterocycles. The molecule has 11 heavy (non-hydrogen) atoms. The third-order valence-corrected chi connectivity index (χ3v) is 3.01. The summed E-state index contributed by atoms with van der Waals surface area (Å²) in [5.41, 5.74) is 0. The number of hydrogen-bond donors (Lipinski definition) is 0. The lowest BCUT2D eigenvalue weighted by atomic mass is 10.1. The zero-order chi connectivity index (χ0) is 8.48. The number of hydrogen-bond acceptors (Lipinski definition) is 3. The normalized spacial score (nSPS) is 32.5. The van der Waals surface area contributed by atoms with Gasteiger partial charge in [-0.15, -0.1) is 0 Å². The van der Waals surface area contributed by atoms with Crippen molar-refractivity contribution in [3.63, 3.8) is 0 Å². The summed E-state index contributed by atoms with van der Waals surface area (Å²) in [7, 11) is 1.68. The first-order chi connectivity index (χ1) is 4.99. The molecule has 1 rings (SSSR count). The second kappa shape index (κ2) is 3.29. The molecule has 1 fully saturated rings. The minimum Gasteiger partial charge on any atom is -0.377 e. The fourth-order valence-electron chi connectivity index (χ4n) is 1.16. The highest BCUT2D eigenvalue weighted by Crippen LogP contribution is 2.22.